The highest BCUT2D eigenvalue weighted by Gasteiger charge is 2.07. The molecule has 0 fully saturated rings. The maximum atomic E-state index is 11.2. The van der Waals surface area contributed by atoms with Crippen molar-refractivity contribution in [2.75, 3.05) is 0 Å². The summed E-state index contributed by atoms with van der Waals surface area (Å²) >= 11 is 1.45. The highest BCUT2D eigenvalue weighted by molar-refractivity contribution is 7.16. The second-order valence-corrected chi connectivity index (χ2v) is 4.67. The first kappa shape index (κ1) is 11.0. The van der Waals surface area contributed by atoms with Crippen LogP contribution in [0.5, 0.6) is 0 Å². The number of Topliss-reactive ketones (excluding diaryl/α,β-unsaturated/α-hetero) is 1. The minimum Gasteiger partial charge on any atom is -0.294 e. The lowest BCUT2D eigenvalue weighted by Gasteiger charge is -1.98. The molecule has 0 saturated carbocycles. The predicted octanol–water partition coefficient (Wildman–Crippen LogP) is 3.58. The molecule has 0 aliphatic carbocycles. The van der Waals surface area contributed by atoms with Gasteiger partial charge in [-0.3, -0.25) is 4.79 Å². The zero-order valence-electron chi connectivity index (χ0n) is 9.36. The van der Waals surface area contributed by atoms with Gasteiger partial charge in [0.2, 0.25) is 0 Å². The van der Waals surface area contributed by atoms with Crippen molar-refractivity contribution in [1.82, 2.24) is 4.98 Å². The highest BCUT2D eigenvalue weighted by atomic mass is 32.1. The molecule has 0 atom stereocenters. The second-order valence-electron chi connectivity index (χ2n) is 3.64. The normalized spacial score (nSPS) is 10.4. The van der Waals surface area contributed by atoms with Crippen molar-refractivity contribution >= 4 is 17.1 Å². The number of aromatic nitrogens is 1. The van der Waals surface area contributed by atoms with E-state index in [2.05, 4.69) is 36.2 Å². The van der Waals surface area contributed by atoms with E-state index in [4.69, 9.17) is 0 Å². The molecule has 0 saturated heterocycles. The van der Waals surface area contributed by atoms with E-state index < -0.39 is 0 Å². The fourth-order valence-electron chi connectivity index (χ4n) is 1.45. The van der Waals surface area contributed by atoms with Crippen LogP contribution < -0.4 is 0 Å². The van der Waals surface area contributed by atoms with Crippen LogP contribution in [-0.4, -0.2) is 10.8 Å². The molecule has 0 amide bonds. The van der Waals surface area contributed by atoms with E-state index >= 15 is 0 Å². The second kappa shape index (κ2) is 4.58. The average molecular weight is 231 g/mol. The van der Waals surface area contributed by atoms with Crippen molar-refractivity contribution in [2.45, 2.75) is 20.3 Å². The molecule has 0 radical (unpaired) electrons. The van der Waals surface area contributed by atoms with Crippen molar-refractivity contribution in [3.63, 3.8) is 0 Å². The van der Waals surface area contributed by atoms with Gasteiger partial charge in [0.05, 0.1) is 4.88 Å². The van der Waals surface area contributed by atoms with Gasteiger partial charge in [-0.15, -0.1) is 11.3 Å². The zero-order chi connectivity index (χ0) is 11.5. The molecule has 1 heterocycles. The summed E-state index contributed by atoms with van der Waals surface area (Å²) in [4.78, 5) is 16.1. The summed E-state index contributed by atoms with van der Waals surface area (Å²) in [5.74, 6) is 0.0777. The number of rotatable bonds is 3. The number of hydrogen-bond donors (Lipinski definition) is 0. The van der Waals surface area contributed by atoms with Crippen molar-refractivity contribution in [2.24, 2.45) is 0 Å². The summed E-state index contributed by atoms with van der Waals surface area (Å²) < 4.78 is 0. The molecule has 1 aromatic carbocycles. The predicted molar refractivity (Wildman–Crippen MR) is 66.9 cm³/mol. The lowest BCUT2D eigenvalue weighted by molar-refractivity contribution is 0.102. The molecule has 0 aliphatic rings. The molecular formula is C13H13NOS. The third kappa shape index (κ3) is 2.19. The molecule has 16 heavy (non-hydrogen) atoms. The Balaban J connectivity index is 2.31. The van der Waals surface area contributed by atoms with Gasteiger partial charge in [-0.05, 0) is 12.0 Å². The summed E-state index contributed by atoms with van der Waals surface area (Å²) in [6.07, 6.45) is 2.69. The van der Waals surface area contributed by atoms with Crippen LogP contribution >= 0.6 is 11.3 Å². The highest BCUT2D eigenvalue weighted by Crippen LogP contribution is 2.25. The molecule has 82 valence electrons. The first-order chi connectivity index (χ1) is 7.70. The molecule has 0 aliphatic heterocycles. The van der Waals surface area contributed by atoms with Crippen LogP contribution in [-0.2, 0) is 6.42 Å². The summed E-state index contributed by atoms with van der Waals surface area (Å²) in [7, 11) is 0. The Labute approximate surface area is 99.0 Å². The third-order valence-corrected chi connectivity index (χ3v) is 3.61. The van der Waals surface area contributed by atoms with Gasteiger partial charge in [-0.2, -0.15) is 0 Å². The van der Waals surface area contributed by atoms with Gasteiger partial charge in [-0.25, -0.2) is 4.98 Å². The molecule has 2 aromatic rings. The molecule has 2 nitrogen and oxygen atoms in total. The van der Waals surface area contributed by atoms with Crippen LogP contribution in [0.2, 0.25) is 0 Å². The number of aryl methyl sites for hydroxylation is 1. The first-order valence-electron chi connectivity index (χ1n) is 5.26. The molecule has 0 bridgehead atoms. The van der Waals surface area contributed by atoms with E-state index in [1.807, 2.05) is 0 Å². The largest absolute Gasteiger partial charge is 0.294 e. The number of nitrogens with zero attached hydrogens (tertiary/aromatic N) is 1. The lowest BCUT2D eigenvalue weighted by atomic mass is 10.1. The van der Waals surface area contributed by atoms with Gasteiger partial charge in [0, 0.05) is 18.7 Å². The summed E-state index contributed by atoms with van der Waals surface area (Å²) in [6, 6.07) is 8.32. The molecule has 0 spiro atoms. The molecule has 2 rings (SSSR count). The summed E-state index contributed by atoms with van der Waals surface area (Å²) in [5.41, 5.74) is 2.39. The van der Waals surface area contributed by atoms with Crippen LogP contribution in [0.1, 0.15) is 29.1 Å². The number of carbonyl (C=O) groups excluding carboxylic acids is 1. The van der Waals surface area contributed by atoms with Crippen LogP contribution in [0.25, 0.3) is 10.6 Å². The standard InChI is InChI=1S/C13H13NOS/c1-3-10-4-6-11(7-5-10)13-14-8-12(16-13)9(2)15/h4-8H,3H2,1-2H3. The minimum atomic E-state index is 0.0777. The molecule has 0 N–H and O–H groups in total. The fourth-order valence-corrected chi connectivity index (χ4v) is 2.27. The Morgan fingerprint density at radius 1 is 1.31 bits per heavy atom. The van der Waals surface area contributed by atoms with Gasteiger partial charge < -0.3 is 0 Å². The maximum Gasteiger partial charge on any atom is 0.171 e. The molecule has 1 aromatic heterocycles. The minimum absolute atomic E-state index is 0.0777. The smallest absolute Gasteiger partial charge is 0.171 e. The van der Waals surface area contributed by atoms with Crippen LogP contribution in [0, 0.1) is 0 Å². The van der Waals surface area contributed by atoms with E-state index in [9.17, 15) is 4.79 Å². The molecule has 3 heteroatoms. The number of thiazole rings is 1. The van der Waals surface area contributed by atoms with Gasteiger partial charge in [0.15, 0.2) is 5.78 Å². The quantitative estimate of drug-likeness (QED) is 0.756. The average Bonchev–Trinajstić information content (AvgIpc) is 2.78. The number of benzene rings is 1. The zero-order valence-corrected chi connectivity index (χ0v) is 10.2. The number of hydrogen-bond acceptors (Lipinski definition) is 3. The van der Waals surface area contributed by atoms with Crippen molar-refractivity contribution in [3.8, 4) is 10.6 Å². The van der Waals surface area contributed by atoms with Gasteiger partial charge in [-0.1, -0.05) is 31.2 Å². The molecular weight excluding hydrogens is 218 g/mol. The van der Waals surface area contributed by atoms with Crippen LogP contribution in [0.4, 0.5) is 0 Å². The third-order valence-electron chi connectivity index (χ3n) is 2.46. The van der Waals surface area contributed by atoms with Gasteiger partial charge in [0.25, 0.3) is 0 Å². The Morgan fingerprint density at radius 3 is 2.50 bits per heavy atom. The van der Waals surface area contributed by atoms with Gasteiger partial charge in [0.1, 0.15) is 5.01 Å². The summed E-state index contributed by atoms with van der Waals surface area (Å²) in [6.45, 7) is 3.70. The summed E-state index contributed by atoms with van der Waals surface area (Å²) in [5, 5.41) is 0.910. The van der Waals surface area contributed by atoms with Crippen molar-refractivity contribution < 1.29 is 4.79 Å². The Hall–Kier alpha value is -1.48. The van der Waals surface area contributed by atoms with Crippen LogP contribution in [0.15, 0.2) is 30.5 Å². The van der Waals surface area contributed by atoms with Gasteiger partial charge >= 0.3 is 0 Å². The fraction of sp³-hybridized carbons (Fsp3) is 0.231. The molecule has 0 unspecified atom stereocenters. The Morgan fingerprint density at radius 2 is 2.00 bits per heavy atom. The monoisotopic (exact) mass is 231 g/mol. The number of ketones is 1. The number of carbonyl (C=O) groups is 1. The topological polar surface area (TPSA) is 30.0 Å². The SMILES string of the molecule is CCc1ccc(-c2ncc(C(C)=O)s2)cc1. The van der Waals surface area contributed by atoms with Crippen molar-refractivity contribution in [1.29, 1.82) is 0 Å². The van der Waals surface area contributed by atoms with Crippen molar-refractivity contribution in [3.05, 3.63) is 40.9 Å². The van der Waals surface area contributed by atoms with E-state index in [1.54, 1.807) is 13.1 Å². The van der Waals surface area contributed by atoms with Crippen LogP contribution in [0.3, 0.4) is 0 Å². The van der Waals surface area contributed by atoms with E-state index in [0.29, 0.717) is 0 Å². The lowest BCUT2D eigenvalue weighted by Crippen LogP contribution is -1.83. The maximum absolute atomic E-state index is 11.2. The Kier molecular flexibility index (Phi) is 3.15. The Bertz CT molecular complexity index is 499. The first-order valence-corrected chi connectivity index (χ1v) is 6.08. The van der Waals surface area contributed by atoms with E-state index in [-0.39, 0.29) is 5.78 Å². The van der Waals surface area contributed by atoms with E-state index in [1.165, 1.54) is 16.9 Å². The van der Waals surface area contributed by atoms with E-state index in [0.717, 1.165) is 21.9 Å².